The third-order valence-corrected chi connectivity index (χ3v) is 2.32. The Kier molecular flexibility index (Phi) is 6.11. The molecule has 0 spiro atoms. The third-order valence-electron chi connectivity index (χ3n) is 2.32. The van der Waals surface area contributed by atoms with Crippen molar-refractivity contribution < 1.29 is 4.74 Å². The average Bonchev–Trinajstić information content (AvgIpc) is 2.66. The maximum absolute atomic E-state index is 5.34. The predicted molar refractivity (Wildman–Crippen MR) is 65.3 cm³/mol. The number of hydrogen-bond acceptors (Lipinski definition) is 3. The summed E-state index contributed by atoms with van der Waals surface area (Å²) in [5.74, 6) is 1.76. The summed E-state index contributed by atoms with van der Waals surface area (Å²) in [4.78, 5) is 4.34. The van der Waals surface area contributed by atoms with E-state index in [1.165, 1.54) is 0 Å². The van der Waals surface area contributed by atoms with Crippen LogP contribution < -0.4 is 5.32 Å². The fourth-order valence-corrected chi connectivity index (χ4v) is 1.49. The van der Waals surface area contributed by atoms with Crippen LogP contribution in [0.3, 0.4) is 0 Å². The summed E-state index contributed by atoms with van der Waals surface area (Å²) in [5.41, 5.74) is 0. The predicted octanol–water partition coefficient (Wildman–Crippen LogP) is 1.67. The van der Waals surface area contributed by atoms with Gasteiger partial charge in [0, 0.05) is 25.5 Å². The molecule has 1 heterocycles. The Balaban J connectivity index is 2.32. The van der Waals surface area contributed by atoms with E-state index in [2.05, 4.69) is 28.7 Å². The maximum Gasteiger partial charge on any atom is 0.122 e. The molecule has 0 aliphatic rings. The van der Waals surface area contributed by atoms with Crippen molar-refractivity contribution in [3.05, 3.63) is 18.2 Å². The quantitative estimate of drug-likeness (QED) is 0.684. The van der Waals surface area contributed by atoms with Gasteiger partial charge >= 0.3 is 0 Å². The van der Waals surface area contributed by atoms with Crippen molar-refractivity contribution >= 4 is 0 Å². The van der Waals surface area contributed by atoms with Crippen LogP contribution in [0.4, 0.5) is 0 Å². The fourth-order valence-electron chi connectivity index (χ4n) is 1.49. The van der Waals surface area contributed by atoms with Crippen LogP contribution in [0, 0.1) is 5.92 Å². The van der Waals surface area contributed by atoms with E-state index in [1.54, 1.807) is 0 Å². The van der Waals surface area contributed by atoms with Crippen molar-refractivity contribution in [3.8, 4) is 0 Å². The van der Waals surface area contributed by atoms with Crippen LogP contribution in [-0.4, -0.2) is 29.3 Å². The smallest absolute Gasteiger partial charge is 0.122 e. The summed E-state index contributed by atoms with van der Waals surface area (Å²) in [6.45, 7) is 10.7. The van der Waals surface area contributed by atoms with Gasteiger partial charge in [0.2, 0.25) is 0 Å². The van der Waals surface area contributed by atoms with Gasteiger partial charge < -0.3 is 14.6 Å². The number of rotatable bonds is 8. The van der Waals surface area contributed by atoms with Crippen molar-refractivity contribution in [2.45, 2.75) is 33.9 Å². The second-order valence-corrected chi connectivity index (χ2v) is 4.26. The first-order chi connectivity index (χ1) is 7.74. The number of nitrogens with one attached hydrogen (secondary N) is 1. The summed E-state index contributed by atoms with van der Waals surface area (Å²) in [5, 5.41) is 3.39. The van der Waals surface area contributed by atoms with E-state index in [0.29, 0.717) is 5.92 Å². The van der Waals surface area contributed by atoms with Crippen molar-refractivity contribution in [1.29, 1.82) is 0 Å². The Bertz CT molecular complexity index is 284. The first kappa shape index (κ1) is 13.2. The van der Waals surface area contributed by atoms with Gasteiger partial charge in [-0.3, -0.25) is 0 Å². The van der Waals surface area contributed by atoms with E-state index >= 15 is 0 Å². The highest BCUT2D eigenvalue weighted by atomic mass is 16.5. The molecule has 0 atom stereocenters. The van der Waals surface area contributed by atoms with Crippen LogP contribution in [0.25, 0.3) is 0 Å². The highest BCUT2D eigenvalue weighted by molar-refractivity contribution is 4.91. The molecule has 1 N–H and O–H groups in total. The molecule has 0 amide bonds. The summed E-state index contributed by atoms with van der Waals surface area (Å²) in [6.07, 6.45) is 3.85. The maximum atomic E-state index is 5.34. The van der Waals surface area contributed by atoms with Crippen LogP contribution >= 0.6 is 0 Å². The number of imidazole rings is 1. The molecule has 4 heteroatoms. The standard InChI is InChI=1S/C12H23N3O/c1-4-16-8-7-15-6-5-14-12(15)10-13-9-11(2)3/h5-6,11,13H,4,7-10H2,1-3H3. The van der Waals surface area contributed by atoms with E-state index in [0.717, 1.165) is 38.7 Å². The van der Waals surface area contributed by atoms with Crippen molar-refractivity contribution in [2.75, 3.05) is 19.8 Å². The number of ether oxygens (including phenoxy) is 1. The molecule has 0 radical (unpaired) electrons. The van der Waals surface area contributed by atoms with Gasteiger partial charge in [0.1, 0.15) is 5.82 Å². The zero-order valence-corrected chi connectivity index (χ0v) is 10.6. The van der Waals surface area contributed by atoms with Gasteiger partial charge in [-0.25, -0.2) is 4.98 Å². The number of hydrogen-bond donors (Lipinski definition) is 1. The summed E-state index contributed by atoms with van der Waals surface area (Å²) >= 11 is 0. The van der Waals surface area contributed by atoms with Crippen LogP contribution in [0.2, 0.25) is 0 Å². The molecule has 0 aromatic carbocycles. The minimum absolute atomic E-state index is 0.673. The van der Waals surface area contributed by atoms with E-state index in [1.807, 2.05) is 19.3 Å². The zero-order valence-electron chi connectivity index (χ0n) is 10.6. The average molecular weight is 225 g/mol. The minimum atomic E-state index is 0.673. The van der Waals surface area contributed by atoms with E-state index in [9.17, 15) is 0 Å². The minimum Gasteiger partial charge on any atom is -0.380 e. The van der Waals surface area contributed by atoms with Gasteiger partial charge in [-0.15, -0.1) is 0 Å². The van der Waals surface area contributed by atoms with Crippen LogP contribution in [-0.2, 0) is 17.8 Å². The van der Waals surface area contributed by atoms with Crippen molar-refractivity contribution in [2.24, 2.45) is 5.92 Å². The van der Waals surface area contributed by atoms with Crippen molar-refractivity contribution in [1.82, 2.24) is 14.9 Å². The largest absolute Gasteiger partial charge is 0.380 e. The summed E-state index contributed by atoms with van der Waals surface area (Å²) < 4.78 is 7.48. The summed E-state index contributed by atoms with van der Waals surface area (Å²) in [7, 11) is 0. The van der Waals surface area contributed by atoms with Crippen LogP contribution in [0.5, 0.6) is 0 Å². The SMILES string of the molecule is CCOCCn1ccnc1CNCC(C)C. The Labute approximate surface area is 98.0 Å². The lowest BCUT2D eigenvalue weighted by Crippen LogP contribution is -2.22. The first-order valence-electron chi connectivity index (χ1n) is 6.02. The molecule has 92 valence electrons. The summed E-state index contributed by atoms with van der Waals surface area (Å²) in [6, 6.07) is 0. The van der Waals surface area contributed by atoms with Crippen molar-refractivity contribution in [3.63, 3.8) is 0 Å². The Morgan fingerprint density at radius 1 is 1.50 bits per heavy atom. The Morgan fingerprint density at radius 2 is 2.31 bits per heavy atom. The highest BCUT2D eigenvalue weighted by Crippen LogP contribution is 1.98. The van der Waals surface area contributed by atoms with Gasteiger partial charge in [-0.05, 0) is 19.4 Å². The Hall–Kier alpha value is -0.870. The molecular weight excluding hydrogens is 202 g/mol. The molecule has 0 fully saturated rings. The molecule has 0 aliphatic heterocycles. The van der Waals surface area contributed by atoms with Crippen LogP contribution in [0.15, 0.2) is 12.4 Å². The van der Waals surface area contributed by atoms with E-state index in [-0.39, 0.29) is 0 Å². The molecule has 0 bridgehead atoms. The lowest BCUT2D eigenvalue weighted by molar-refractivity contribution is 0.138. The van der Waals surface area contributed by atoms with Gasteiger partial charge in [0.05, 0.1) is 13.2 Å². The molecule has 16 heavy (non-hydrogen) atoms. The fraction of sp³-hybridized carbons (Fsp3) is 0.750. The second-order valence-electron chi connectivity index (χ2n) is 4.26. The highest BCUT2D eigenvalue weighted by Gasteiger charge is 2.02. The third kappa shape index (κ3) is 4.77. The number of nitrogens with zero attached hydrogens (tertiary/aromatic N) is 2. The normalized spacial score (nSPS) is 11.2. The van der Waals surface area contributed by atoms with E-state index < -0.39 is 0 Å². The molecule has 0 unspecified atom stereocenters. The molecular formula is C12H23N3O. The van der Waals surface area contributed by atoms with Gasteiger partial charge in [-0.2, -0.15) is 0 Å². The molecule has 1 aromatic rings. The van der Waals surface area contributed by atoms with Gasteiger partial charge in [0.15, 0.2) is 0 Å². The molecule has 4 nitrogen and oxygen atoms in total. The monoisotopic (exact) mass is 225 g/mol. The molecule has 1 aromatic heterocycles. The van der Waals surface area contributed by atoms with E-state index in [4.69, 9.17) is 4.74 Å². The molecule has 0 saturated heterocycles. The second kappa shape index (κ2) is 7.41. The number of aromatic nitrogens is 2. The molecule has 0 saturated carbocycles. The zero-order chi connectivity index (χ0) is 11.8. The first-order valence-corrected chi connectivity index (χ1v) is 6.02. The molecule has 0 aliphatic carbocycles. The van der Waals surface area contributed by atoms with Crippen LogP contribution in [0.1, 0.15) is 26.6 Å². The Morgan fingerprint density at radius 3 is 3.00 bits per heavy atom. The van der Waals surface area contributed by atoms with Gasteiger partial charge in [0.25, 0.3) is 0 Å². The van der Waals surface area contributed by atoms with Gasteiger partial charge in [-0.1, -0.05) is 13.8 Å². The lowest BCUT2D eigenvalue weighted by atomic mass is 10.2. The molecule has 1 rings (SSSR count). The topological polar surface area (TPSA) is 39.1 Å². The lowest BCUT2D eigenvalue weighted by Gasteiger charge is -2.10.